The topological polar surface area (TPSA) is 65.8 Å². The van der Waals surface area contributed by atoms with Crippen LogP contribution in [0.25, 0.3) is 0 Å². The van der Waals surface area contributed by atoms with Gasteiger partial charge in [0.1, 0.15) is 5.41 Å². The first-order valence-corrected chi connectivity index (χ1v) is 5.22. The van der Waals surface area contributed by atoms with Crippen LogP contribution < -0.4 is 5.32 Å². The lowest BCUT2D eigenvalue weighted by Crippen LogP contribution is -2.30. The predicted molar refractivity (Wildman–Crippen MR) is 51.2 cm³/mol. The van der Waals surface area contributed by atoms with Gasteiger partial charge in [-0.2, -0.15) is 5.26 Å². The molecule has 0 bridgehead atoms. The van der Waals surface area contributed by atoms with Crippen molar-refractivity contribution in [1.82, 2.24) is 10.3 Å². The quantitative estimate of drug-likeness (QED) is 0.806. The van der Waals surface area contributed by atoms with Gasteiger partial charge in [-0.3, -0.25) is 9.78 Å². The molecule has 0 radical (unpaired) electrons. The lowest BCUT2D eigenvalue weighted by molar-refractivity contribution is -0.124. The first-order valence-electron chi connectivity index (χ1n) is 4.34. The van der Waals surface area contributed by atoms with Crippen molar-refractivity contribution in [2.45, 2.75) is 19.4 Å². The molecule has 72 valence electrons. The molecule has 0 atom stereocenters. The van der Waals surface area contributed by atoms with Gasteiger partial charge in [-0.15, -0.1) is 11.3 Å². The van der Waals surface area contributed by atoms with Crippen molar-refractivity contribution in [2.24, 2.45) is 5.41 Å². The van der Waals surface area contributed by atoms with E-state index in [-0.39, 0.29) is 5.91 Å². The molecule has 0 aliphatic heterocycles. The molecule has 1 aliphatic rings. The molecule has 1 aliphatic carbocycles. The predicted octanol–water partition coefficient (Wildman–Crippen LogP) is 1.06. The van der Waals surface area contributed by atoms with Gasteiger partial charge in [0.2, 0.25) is 5.91 Å². The molecule has 4 nitrogen and oxygen atoms in total. The third-order valence-corrected chi connectivity index (χ3v) is 3.08. The highest BCUT2D eigenvalue weighted by Gasteiger charge is 2.50. The van der Waals surface area contributed by atoms with Crippen LogP contribution in [-0.2, 0) is 11.3 Å². The van der Waals surface area contributed by atoms with Crippen molar-refractivity contribution in [3.8, 4) is 6.07 Å². The highest BCUT2D eigenvalue weighted by Crippen LogP contribution is 2.44. The van der Waals surface area contributed by atoms with E-state index >= 15 is 0 Å². The fourth-order valence-corrected chi connectivity index (χ4v) is 1.71. The Hall–Kier alpha value is -1.41. The molecule has 1 N–H and O–H groups in total. The van der Waals surface area contributed by atoms with Crippen molar-refractivity contribution < 1.29 is 4.79 Å². The number of amides is 1. The molecule has 0 saturated heterocycles. The Bertz CT molecular complexity index is 375. The third kappa shape index (κ3) is 1.61. The zero-order valence-corrected chi connectivity index (χ0v) is 8.30. The van der Waals surface area contributed by atoms with Gasteiger partial charge < -0.3 is 5.32 Å². The zero-order valence-electron chi connectivity index (χ0n) is 7.49. The molecule has 1 fully saturated rings. The lowest BCUT2D eigenvalue weighted by atomic mass is 10.1. The highest BCUT2D eigenvalue weighted by molar-refractivity contribution is 7.09. The van der Waals surface area contributed by atoms with Crippen LogP contribution in [-0.4, -0.2) is 10.9 Å². The summed E-state index contributed by atoms with van der Waals surface area (Å²) in [5.74, 6) is -0.145. The van der Waals surface area contributed by atoms with Gasteiger partial charge in [-0.05, 0) is 12.8 Å². The summed E-state index contributed by atoms with van der Waals surface area (Å²) in [7, 11) is 0. The average molecular weight is 207 g/mol. The van der Waals surface area contributed by atoms with E-state index in [1.165, 1.54) is 11.3 Å². The Balaban J connectivity index is 1.88. The van der Waals surface area contributed by atoms with Gasteiger partial charge in [0.15, 0.2) is 0 Å². The zero-order chi connectivity index (χ0) is 10.0. The van der Waals surface area contributed by atoms with Crippen molar-refractivity contribution in [3.63, 3.8) is 0 Å². The number of carbonyl (C=O) groups is 1. The maximum Gasteiger partial charge on any atom is 0.240 e. The van der Waals surface area contributed by atoms with E-state index in [4.69, 9.17) is 5.26 Å². The first-order chi connectivity index (χ1) is 6.77. The second-order valence-electron chi connectivity index (χ2n) is 3.34. The summed E-state index contributed by atoms with van der Waals surface area (Å²) in [4.78, 5) is 16.4. The minimum absolute atomic E-state index is 0.145. The maximum absolute atomic E-state index is 11.5. The van der Waals surface area contributed by atoms with Crippen LogP contribution in [0.2, 0.25) is 0 Å². The lowest BCUT2D eigenvalue weighted by Gasteiger charge is -2.05. The molecule has 2 rings (SSSR count). The van der Waals surface area contributed by atoms with Crippen molar-refractivity contribution in [3.05, 3.63) is 16.6 Å². The Morgan fingerprint density at radius 1 is 1.79 bits per heavy atom. The van der Waals surface area contributed by atoms with Crippen molar-refractivity contribution >= 4 is 17.2 Å². The van der Waals surface area contributed by atoms with E-state index in [1.807, 2.05) is 0 Å². The Morgan fingerprint density at radius 3 is 3.07 bits per heavy atom. The van der Waals surface area contributed by atoms with Gasteiger partial charge in [0, 0.05) is 11.1 Å². The van der Waals surface area contributed by atoms with Crippen LogP contribution in [0.15, 0.2) is 11.7 Å². The third-order valence-electron chi connectivity index (χ3n) is 2.31. The monoisotopic (exact) mass is 207 g/mol. The minimum atomic E-state index is -0.718. The molecule has 1 amide bonds. The van der Waals surface area contributed by atoms with E-state index in [2.05, 4.69) is 16.4 Å². The summed E-state index contributed by atoms with van der Waals surface area (Å²) >= 11 is 1.49. The summed E-state index contributed by atoms with van der Waals surface area (Å²) in [6.45, 7) is 0.479. The highest BCUT2D eigenvalue weighted by atomic mass is 32.1. The summed E-state index contributed by atoms with van der Waals surface area (Å²) in [5.41, 5.74) is 1.00. The van der Waals surface area contributed by atoms with E-state index in [0.29, 0.717) is 19.4 Å². The first kappa shape index (κ1) is 9.16. The standard InChI is InChI=1S/C9H9N3OS/c10-5-9(1-2-9)8(13)12-4-7-3-11-6-14-7/h3,6H,1-2,4H2,(H,12,13). The van der Waals surface area contributed by atoms with Crippen LogP contribution in [0.3, 0.4) is 0 Å². The summed E-state index contributed by atoms with van der Waals surface area (Å²) in [6.07, 6.45) is 3.10. The number of hydrogen-bond acceptors (Lipinski definition) is 4. The summed E-state index contributed by atoms with van der Waals surface area (Å²) in [6, 6.07) is 2.06. The number of nitriles is 1. The molecule has 1 aromatic heterocycles. The molecule has 1 heterocycles. The van der Waals surface area contributed by atoms with Crippen LogP contribution >= 0.6 is 11.3 Å². The molecule has 0 spiro atoms. The smallest absolute Gasteiger partial charge is 0.240 e. The van der Waals surface area contributed by atoms with E-state index < -0.39 is 5.41 Å². The number of carbonyl (C=O) groups excluding carboxylic acids is 1. The molecule has 0 aromatic carbocycles. The second-order valence-corrected chi connectivity index (χ2v) is 4.32. The number of aromatic nitrogens is 1. The van der Waals surface area contributed by atoms with Gasteiger partial charge in [-0.25, -0.2) is 0 Å². The van der Waals surface area contributed by atoms with Gasteiger partial charge in [0.05, 0.1) is 18.1 Å². The number of hydrogen-bond donors (Lipinski definition) is 1. The molecule has 0 unspecified atom stereocenters. The molecule has 1 saturated carbocycles. The van der Waals surface area contributed by atoms with Crippen LogP contribution in [0.5, 0.6) is 0 Å². The number of rotatable bonds is 3. The maximum atomic E-state index is 11.5. The largest absolute Gasteiger partial charge is 0.350 e. The van der Waals surface area contributed by atoms with Crippen LogP contribution in [0.1, 0.15) is 17.7 Å². The molecule has 1 aromatic rings. The molecular weight excluding hydrogens is 198 g/mol. The number of nitrogens with one attached hydrogen (secondary N) is 1. The average Bonchev–Trinajstić information content (AvgIpc) is 2.84. The van der Waals surface area contributed by atoms with E-state index in [0.717, 1.165) is 4.88 Å². The molecular formula is C9H9N3OS. The summed E-state index contributed by atoms with van der Waals surface area (Å²) < 4.78 is 0. The number of thiazole rings is 1. The minimum Gasteiger partial charge on any atom is -0.350 e. The van der Waals surface area contributed by atoms with Gasteiger partial charge in [-0.1, -0.05) is 0 Å². The number of nitrogens with zero attached hydrogens (tertiary/aromatic N) is 2. The van der Waals surface area contributed by atoms with E-state index in [9.17, 15) is 4.79 Å². The van der Waals surface area contributed by atoms with Crippen LogP contribution in [0, 0.1) is 16.7 Å². The fraction of sp³-hybridized carbons (Fsp3) is 0.444. The molecule has 14 heavy (non-hydrogen) atoms. The van der Waals surface area contributed by atoms with Crippen molar-refractivity contribution in [2.75, 3.05) is 0 Å². The Labute approximate surface area is 85.6 Å². The SMILES string of the molecule is N#CC1(C(=O)NCc2cncs2)CC1. The van der Waals surface area contributed by atoms with E-state index in [1.54, 1.807) is 11.7 Å². The Morgan fingerprint density at radius 2 is 2.57 bits per heavy atom. The Kier molecular flexibility index (Phi) is 2.22. The molecule has 5 heteroatoms. The van der Waals surface area contributed by atoms with Crippen molar-refractivity contribution in [1.29, 1.82) is 5.26 Å². The van der Waals surface area contributed by atoms with Crippen LogP contribution in [0.4, 0.5) is 0 Å². The second kappa shape index (κ2) is 3.39. The van der Waals surface area contributed by atoms with Gasteiger partial charge in [0.25, 0.3) is 0 Å². The normalized spacial score (nSPS) is 17.1. The summed E-state index contributed by atoms with van der Waals surface area (Å²) in [5, 5.41) is 11.5. The fourth-order valence-electron chi connectivity index (χ4n) is 1.18. The van der Waals surface area contributed by atoms with Gasteiger partial charge >= 0.3 is 0 Å².